The van der Waals surface area contributed by atoms with Crippen LogP contribution in [0.25, 0.3) is 0 Å². The summed E-state index contributed by atoms with van der Waals surface area (Å²) in [6, 6.07) is 7.85. The predicted octanol–water partition coefficient (Wildman–Crippen LogP) is 3.77. The highest BCUT2D eigenvalue weighted by Crippen LogP contribution is 2.19. The van der Waals surface area contributed by atoms with Crippen LogP contribution in [0.15, 0.2) is 29.3 Å². The molecular formula is C25H41IN4O3. The van der Waals surface area contributed by atoms with E-state index in [-0.39, 0.29) is 42.1 Å². The standard InChI is InChI=1S/C25H40N4O3.HI/c1-5-26-25(28(4)13-10-21-11-14-31-15-12-21)27-16-22-6-8-23(9-7-22)24(30)29-17-19(2)32-20(3)18-29;/h6-9,19-21H,5,10-18H2,1-4H3,(H,26,27);1H. The molecule has 1 aromatic rings. The second-order valence-corrected chi connectivity index (χ2v) is 9.10. The van der Waals surface area contributed by atoms with E-state index in [2.05, 4.69) is 24.2 Å². The number of aliphatic imine (C=N–C) groups is 1. The Bertz CT molecular complexity index is 743. The zero-order chi connectivity index (χ0) is 22.9. The molecule has 0 radical (unpaired) electrons. The van der Waals surface area contributed by atoms with Crippen LogP contribution in [0.3, 0.4) is 0 Å². The third kappa shape index (κ3) is 8.72. The molecule has 7 nitrogen and oxygen atoms in total. The zero-order valence-electron chi connectivity index (χ0n) is 20.6. The number of nitrogens with zero attached hydrogens (tertiary/aromatic N) is 3. The highest BCUT2D eigenvalue weighted by molar-refractivity contribution is 14.0. The molecule has 2 saturated heterocycles. The van der Waals surface area contributed by atoms with Crippen molar-refractivity contribution in [3.8, 4) is 0 Å². The number of halogens is 1. The van der Waals surface area contributed by atoms with Crippen LogP contribution in [0.5, 0.6) is 0 Å². The Kier molecular flexibility index (Phi) is 11.9. The Hall–Kier alpha value is -1.39. The molecule has 0 spiro atoms. The number of guanidine groups is 1. The van der Waals surface area contributed by atoms with Gasteiger partial charge in [-0.1, -0.05) is 12.1 Å². The summed E-state index contributed by atoms with van der Waals surface area (Å²) in [6.07, 6.45) is 3.64. The van der Waals surface area contributed by atoms with Crippen molar-refractivity contribution in [3.05, 3.63) is 35.4 Å². The number of hydrogen-bond acceptors (Lipinski definition) is 4. The fourth-order valence-corrected chi connectivity index (χ4v) is 4.43. The largest absolute Gasteiger partial charge is 0.381 e. The zero-order valence-corrected chi connectivity index (χ0v) is 22.9. The molecule has 8 heteroatoms. The van der Waals surface area contributed by atoms with E-state index in [1.807, 2.05) is 43.0 Å². The van der Waals surface area contributed by atoms with Gasteiger partial charge in [0.25, 0.3) is 5.91 Å². The lowest BCUT2D eigenvalue weighted by atomic mass is 9.96. The topological polar surface area (TPSA) is 66.4 Å². The van der Waals surface area contributed by atoms with Gasteiger partial charge in [-0.3, -0.25) is 4.79 Å². The van der Waals surface area contributed by atoms with Crippen molar-refractivity contribution < 1.29 is 14.3 Å². The number of benzene rings is 1. The van der Waals surface area contributed by atoms with Crippen LogP contribution in [0.2, 0.25) is 0 Å². The van der Waals surface area contributed by atoms with Crippen LogP contribution < -0.4 is 5.32 Å². The van der Waals surface area contributed by atoms with Gasteiger partial charge in [0, 0.05) is 52.0 Å². The van der Waals surface area contributed by atoms with Gasteiger partial charge in [-0.2, -0.15) is 0 Å². The lowest BCUT2D eigenvalue weighted by Crippen LogP contribution is -2.48. The van der Waals surface area contributed by atoms with E-state index in [1.165, 1.54) is 6.42 Å². The van der Waals surface area contributed by atoms with Crippen LogP contribution >= 0.6 is 24.0 Å². The number of ether oxygens (including phenoxy) is 2. The fraction of sp³-hybridized carbons (Fsp3) is 0.680. The Labute approximate surface area is 216 Å². The second kappa shape index (κ2) is 14.1. The maximum absolute atomic E-state index is 12.9. The normalized spacial score (nSPS) is 21.9. The van der Waals surface area contributed by atoms with Crippen molar-refractivity contribution in [2.24, 2.45) is 10.9 Å². The summed E-state index contributed by atoms with van der Waals surface area (Å²) in [5, 5.41) is 3.40. The van der Waals surface area contributed by atoms with E-state index < -0.39 is 0 Å². The predicted molar refractivity (Wildman–Crippen MR) is 143 cm³/mol. The SMILES string of the molecule is CCNC(=NCc1ccc(C(=O)N2CC(C)OC(C)C2)cc1)N(C)CCC1CCOCC1.I. The Balaban J connectivity index is 0.00000385. The first-order valence-corrected chi connectivity index (χ1v) is 12.1. The number of carbonyl (C=O) groups is 1. The van der Waals surface area contributed by atoms with Crippen molar-refractivity contribution in [1.82, 2.24) is 15.1 Å². The van der Waals surface area contributed by atoms with Gasteiger partial charge in [0.15, 0.2) is 5.96 Å². The molecule has 2 aliphatic heterocycles. The Morgan fingerprint density at radius 1 is 1.15 bits per heavy atom. The van der Waals surface area contributed by atoms with E-state index in [1.54, 1.807) is 0 Å². The Morgan fingerprint density at radius 3 is 2.39 bits per heavy atom. The molecule has 1 amide bonds. The lowest BCUT2D eigenvalue weighted by molar-refractivity contribution is -0.0586. The molecule has 0 bridgehead atoms. The number of hydrogen-bond donors (Lipinski definition) is 1. The van der Waals surface area contributed by atoms with Crippen LogP contribution in [-0.4, -0.2) is 80.3 Å². The molecule has 1 N–H and O–H groups in total. The minimum Gasteiger partial charge on any atom is -0.381 e. The molecule has 0 aromatic heterocycles. The molecule has 0 saturated carbocycles. The van der Waals surface area contributed by atoms with Crippen molar-refractivity contribution >= 4 is 35.8 Å². The van der Waals surface area contributed by atoms with E-state index in [0.29, 0.717) is 19.6 Å². The van der Waals surface area contributed by atoms with E-state index >= 15 is 0 Å². The molecule has 3 rings (SSSR count). The van der Waals surface area contributed by atoms with Gasteiger partial charge in [0.1, 0.15) is 0 Å². The molecular weight excluding hydrogens is 531 g/mol. The minimum absolute atomic E-state index is 0. The number of carbonyl (C=O) groups excluding carboxylic acids is 1. The first-order chi connectivity index (χ1) is 15.5. The van der Waals surface area contributed by atoms with Crippen molar-refractivity contribution in [2.75, 3.05) is 46.4 Å². The molecule has 2 heterocycles. The summed E-state index contributed by atoms with van der Waals surface area (Å²) in [5.74, 6) is 1.75. The summed E-state index contributed by atoms with van der Waals surface area (Å²) in [7, 11) is 2.10. The fourth-order valence-electron chi connectivity index (χ4n) is 4.43. The molecule has 2 aliphatic rings. The summed E-state index contributed by atoms with van der Waals surface area (Å²) < 4.78 is 11.2. The smallest absolute Gasteiger partial charge is 0.254 e. The summed E-state index contributed by atoms with van der Waals surface area (Å²) >= 11 is 0. The van der Waals surface area contributed by atoms with Gasteiger partial charge in [0.2, 0.25) is 0 Å². The highest BCUT2D eigenvalue weighted by Gasteiger charge is 2.26. The van der Waals surface area contributed by atoms with Crippen LogP contribution in [0, 0.1) is 5.92 Å². The highest BCUT2D eigenvalue weighted by atomic mass is 127. The maximum atomic E-state index is 12.9. The van der Waals surface area contributed by atoms with Gasteiger partial charge in [-0.15, -0.1) is 24.0 Å². The van der Waals surface area contributed by atoms with Crippen LogP contribution in [0.4, 0.5) is 0 Å². The maximum Gasteiger partial charge on any atom is 0.254 e. The second-order valence-electron chi connectivity index (χ2n) is 9.10. The van der Waals surface area contributed by atoms with Gasteiger partial charge in [0.05, 0.1) is 18.8 Å². The minimum atomic E-state index is 0. The van der Waals surface area contributed by atoms with Crippen molar-refractivity contribution in [1.29, 1.82) is 0 Å². The number of amides is 1. The number of rotatable bonds is 7. The van der Waals surface area contributed by atoms with Crippen molar-refractivity contribution in [2.45, 2.75) is 58.8 Å². The third-order valence-electron chi connectivity index (χ3n) is 6.23. The average Bonchev–Trinajstić information content (AvgIpc) is 2.80. The lowest BCUT2D eigenvalue weighted by Gasteiger charge is -2.35. The monoisotopic (exact) mass is 572 g/mol. The molecule has 1 aromatic carbocycles. The Morgan fingerprint density at radius 2 is 1.79 bits per heavy atom. The molecule has 0 aliphatic carbocycles. The van der Waals surface area contributed by atoms with Gasteiger partial charge >= 0.3 is 0 Å². The first kappa shape index (κ1) is 27.9. The summed E-state index contributed by atoms with van der Waals surface area (Å²) in [4.78, 5) is 21.8. The quantitative estimate of drug-likeness (QED) is 0.306. The molecule has 33 heavy (non-hydrogen) atoms. The van der Waals surface area contributed by atoms with E-state index in [0.717, 1.165) is 62.1 Å². The van der Waals surface area contributed by atoms with Crippen molar-refractivity contribution in [3.63, 3.8) is 0 Å². The van der Waals surface area contributed by atoms with Crippen LogP contribution in [-0.2, 0) is 16.0 Å². The third-order valence-corrected chi connectivity index (χ3v) is 6.23. The van der Waals surface area contributed by atoms with Gasteiger partial charge in [-0.05, 0) is 63.6 Å². The number of nitrogens with one attached hydrogen (secondary N) is 1. The summed E-state index contributed by atoms with van der Waals surface area (Å²) in [6.45, 7) is 11.6. The molecule has 2 unspecified atom stereocenters. The molecule has 2 fully saturated rings. The average molecular weight is 573 g/mol. The van der Waals surface area contributed by atoms with Gasteiger partial charge < -0.3 is 24.6 Å². The molecule has 2 atom stereocenters. The van der Waals surface area contributed by atoms with Gasteiger partial charge in [-0.25, -0.2) is 4.99 Å². The summed E-state index contributed by atoms with van der Waals surface area (Å²) in [5.41, 5.74) is 1.82. The van der Waals surface area contributed by atoms with Crippen LogP contribution in [0.1, 0.15) is 56.0 Å². The van der Waals surface area contributed by atoms with E-state index in [9.17, 15) is 4.79 Å². The first-order valence-electron chi connectivity index (χ1n) is 12.1. The number of morpholine rings is 1. The molecule has 186 valence electrons. The van der Waals surface area contributed by atoms with E-state index in [4.69, 9.17) is 14.5 Å².